The highest BCUT2D eigenvalue weighted by Crippen LogP contribution is 1.92. The van der Waals surface area contributed by atoms with Gasteiger partial charge < -0.3 is 10.8 Å². The molecule has 0 bridgehead atoms. The van der Waals surface area contributed by atoms with Gasteiger partial charge in [-0.3, -0.25) is 20.0 Å². The monoisotopic (exact) mass is 256 g/mol. The zero-order chi connectivity index (χ0) is 14.0. The molecule has 0 aliphatic heterocycles. The molecular formula is C12H24N4O2. The number of aliphatic imine (C=N–C) groups is 1. The van der Waals surface area contributed by atoms with E-state index in [1.54, 1.807) is 13.1 Å². The highest BCUT2D eigenvalue weighted by molar-refractivity contribution is 5.90. The molecule has 6 heteroatoms. The van der Waals surface area contributed by atoms with Gasteiger partial charge in [0.25, 0.3) is 0 Å². The van der Waals surface area contributed by atoms with Crippen molar-refractivity contribution in [1.82, 2.24) is 10.2 Å². The maximum absolute atomic E-state index is 10.4. The van der Waals surface area contributed by atoms with Crippen LogP contribution in [-0.4, -0.2) is 54.7 Å². The van der Waals surface area contributed by atoms with Crippen LogP contribution in [0.2, 0.25) is 0 Å². The summed E-state index contributed by atoms with van der Waals surface area (Å²) in [4.78, 5) is 16.4. The number of nitrogens with zero attached hydrogens (tertiary/aromatic N) is 2. The lowest BCUT2D eigenvalue weighted by molar-refractivity contribution is -0.113. The molecule has 0 saturated carbocycles. The summed E-state index contributed by atoms with van der Waals surface area (Å²) in [5.74, 6) is -0.483. The Hall–Kier alpha value is -1.24. The van der Waals surface area contributed by atoms with E-state index in [1.807, 2.05) is 18.9 Å². The van der Waals surface area contributed by atoms with Crippen LogP contribution in [0.5, 0.6) is 0 Å². The van der Waals surface area contributed by atoms with Gasteiger partial charge in [0.1, 0.15) is 6.23 Å². The number of hydrogen-bond donors (Lipinski definition) is 3. The smallest absolute Gasteiger partial charge is 0.241 e. The molecule has 0 aliphatic rings. The Labute approximate surface area is 109 Å². The van der Waals surface area contributed by atoms with Crippen molar-refractivity contribution in [2.45, 2.75) is 32.7 Å². The van der Waals surface area contributed by atoms with E-state index in [0.717, 1.165) is 19.5 Å². The largest absolute Gasteiger partial charge is 0.379 e. The van der Waals surface area contributed by atoms with Crippen molar-refractivity contribution in [2.24, 2.45) is 10.7 Å². The third kappa shape index (κ3) is 9.95. The molecule has 0 aromatic rings. The molecule has 0 spiro atoms. The van der Waals surface area contributed by atoms with Gasteiger partial charge in [0, 0.05) is 18.8 Å². The first kappa shape index (κ1) is 16.8. The van der Waals surface area contributed by atoms with Gasteiger partial charge in [0.05, 0.1) is 6.17 Å². The number of aliphatic hydroxyl groups excluding tert-OH is 1. The van der Waals surface area contributed by atoms with Crippen molar-refractivity contribution < 1.29 is 9.90 Å². The normalized spacial score (nSPS) is 15.6. The van der Waals surface area contributed by atoms with Gasteiger partial charge in [-0.1, -0.05) is 0 Å². The predicted molar refractivity (Wildman–Crippen MR) is 73.2 cm³/mol. The third-order valence-electron chi connectivity index (χ3n) is 2.42. The highest BCUT2D eigenvalue weighted by Gasteiger charge is 2.03. The summed E-state index contributed by atoms with van der Waals surface area (Å²) in [5.41, 5.74) is 4.93. The summed E-state index contributed by atoms with van der Waals surface area (Å²) < 4.78 is 0. The zero-order valence-corrected chi connectivity index (χ0v) is 11.3. The van der Waals surface area contributed by atoms with Gasteiger partial charge in [-0.15, -0.1) is 0 Å². The van der Waals surface area contributed by atoms with Gasteiger partial charge in [0.15, 0.2) is 0 Å². The first-order valence-corrected chi connectivity index (χ1v) is 6.04. The number of allylic oxidation sites excluding steroid dienone is 1. The van der Waals surface area contributed by atoms with E-state index in [1.165, 1.54) is 12.2 Å². The number of amides is 1. The van der Waals surface area contributed by atoms with Crippen molar-refractivity contribution in [2.75, 3.05) is 20.1 Å². The maximum Gasteiger partial charge on any atom is 0.241 e. The Morgan fingerprint density at radius 3 is 2.78 bits per heavy atom. The van der Waals surface area contributed by atoms with E-state index in [9.17, 15) is 9.90 Å². The third-order valence-corrected chi connectivity index (χ3v) is 2.42. The second-order valence-electron chi connectivity index (χ2n) is 4.16. The summed E-state index contributed by atoms with van der Waals surface area (Å²) in [6.07, 6.45) is 4.82. The molecule has 0 rings (SSSR count). The molecule has 2 atom stereocenters. The molecule has 0 aromatic heterocycles. The number of aliphatic hydroxyl groups is 1. The van der Waals surface area contributed by atoms with E-state index in [0.29, 0.717) is 0 Å². The Balaban J connectivity index is 3.65. The van der Waals surface area contributed by atoms with Crippen molar-refractivity contribution in [3.63, 3.8) is 0 Å². The summed E-state index contributed by atoms with van der Waals surface area (Å²) in [6.45, 7) is 5.30. The summed E-state index contributed by atoms with van der Waals surface area (Å²) in [6, 6.07) is 0. The molecule has 104 valence electrons. The van der Waals surface area contributed by atoms with Gasteiger partial charge in [0.2, 0.25) is 5.91 Å². The topological polar surface area (TPSA) is 90.9 Å². The lowest BCUT2D eigenvalue weighted by atomic mass is 10.3. The lowest BCUT2D eigenvalue weighted by Gasteiger charge is -2.19. The summed E-state index contributed by atoms with van der Waals surface area (Å²) >= 11 is 0. The van der Waals surface area contributed by atoms with Gasteiger partial charge in [-0.2, -0.15) is 0 Å². The van der Waals surface area contributed by atoms with Gasteiger partial charge in [-0.05, 0) is 39.9 Å². The van der Waals surface area contributed by atoms with Crippen LogP contribution in [0.15, 0.2) is 17.1 Å². The molecule has 0 saturated heterocycles. The molecule has 0 aliphatic carbocycles. The number of rotatable bonds is 9. The van der Waals surface area contributed by atoms with Crippen LogP contribution in [0.3, 0.4) is 0 Å². The second kappa shape index (κ2) is 9.76. The zero-order valence-electron chi connectivity index (χ0n) is 11.3. The molecule has 0 fully saturated rings. The number of carbonyl (C=O) groups excluding carboxylic acids is 1. The number of primary amides is 1. The minimum Gasteiger partial charge on any atom is -0.379 e. The van der Waals surface area contributed by atoms with Gasteiger partial charge in [-0.25, -0.2) is 0 Å². The molecular weight excluding hydrogens is 232 g/mol. The summed E-state index contributed by atoms with van der Waals surface area (Å²) in [7, 11) is 1.88. The minimum absolute atomic E-state index is 0.0145. The van der Waals surface area contributed by atoms with E-state index in [-0.39, 0.29) is 6.17 Å². The average molecular weight is 256 g/mol. The minimum atomic E-state index is -0.483. The number of nitrogens with two attached hydrogens (primary N) is 1. The summed E-state index contributed by atoms with van der Waals surface area (Å²) in [5, 5.41) is 12.5. The Kier molecular flexibility index (Phi) is 9.08. The average Bonchev–Trinajstić information content (AvgIpc) is 2.29. The Morgan fingerprint density at radius 2 is 2.22 bits per heavy atom. The molecule has 18 heavy (non-hydrogen) atoms. The van der Waals surface area contributed by atoms with E-state index >= 15 is 0 Å². The Bertz CT molecular complexity index is 290. The van der Waals surface area contributed by atoms with Crippen LogP contribution in [0, 0.1) is 0 Å². The molecule has 0 radical (unpaired) electrons. The fourth-order valence-corrected chi connectivity index (χ4v) is 1.20. The fourth-order valence-electron chi connectivity index (χ4n) is 1.20. The second-order valence-corrected chi connectivity index (χ2v) is 4.16. The van der Waals surface area contributed by atoms with Crippen molar-refractivity contribution in [3.8, 4) is 0 Å². The standard InChI is InChI=1S/C12H24N4O2/c1-10(14-7-4-6-12(13)18)15-8-5-9-16(3)11(2)17/h4,6-7,10-11,15,17H,5,8-9H2,1-3H3,(H2,13,18)/b6-4+,14-7?. The molecule has 1 amide bonds. The van der Waals surface area contributed by atoms with E-state index in [2.05, 4.69) is 10.3 Å². The number of nitrogens with one attached hydrogen (secondary N) is 1. The van der Waals surface area contributed by atoms with Crippen LogP contribution in [0.1, 0.15) is 20.3 Å². The maximum atomic E-state index is 10.4. The van der Waals surface area contributed by atoms with Crippen LogP contribution >= 0.6 is 0 Å². The SMILES string of the molecule is CC(N=C/C=C/C(N)=O)NCCCN(C)C(C)O. The molecule has 6 nitrogen and oxygen atoms in total. The Morgan fingerprint density at radius 1 is 1.56 bits per heavy atom. The van der Waals surface area contributed by atoms with Crippen LogP contribution < -0.4 is 11.1 Å². The van der Waals surface area contributed by atoms with Gasteiger partial charge >= 0.3 is 0 Å². The number of carbonyl (C=O) groups is 1. The first-order chi connectivity index (χ1) is 8.43. The quantitative estimate of drug-likeness (QED) is 0.228. The van der Waals surface area contributed by atoms with Crippen LogP contribution in [0.4, 0.5) is 0 Å². The van der Waals surface area contributed by atoms with Crippen molar-refractivity contribution in [3.05, 3.63) is 12.2 Å². The molecule has 0 aromatic carbocycles. The van der Waals surface area contributed by atoms with Crippen molar-refractivity contribution in [1.29, 1.82) is 0 Å². The van der Waals surface area contributed by atoms with E-state index in [4.69, 9.17) is 5.73 Å². The fraction of sp³-hybridized carbons (Fsp3) is 0.667. The number of hydrogen-bond acceptors (Lipinski definition) is 5. The van der Waals surface area contributed by atoms with E-state index < -0.39 is 12.1 Å². The molecule has 2 unspecified atom stereocenters. The first-order valence-electron chi connectivity index (χ1n) is 6.04. The molecule has 4 N–H and O–H groups in total. The van der Waals surface area contributed by atoms with Crippen LogP contribution in [0.25, 0.3) is 0 Å². The predicted octanol–water partition coefficient (Wildman–Crippen LogP) is -0.305. The highest BCUT2D eigenvalue weighted by atomic mass is 16.3. The molecule has 0 heterocycles. The van der Waals surface area contributed by atoms with Crippen molar-refractivity contribution >= 4 is 12.1 Å². The van der Waals surface area contributed by atoms with Crippen LogP contribution in [-0.2, 0) is 4.79 Å². The lowest BCUT2D eigenvalue weighted by Crippen LogP contribution is -2.32.